The summed E-state index contributed by atoms with van der Waals surface area (Å²) in [6, 6.07) is 12.7. The zero-order chi connectivity index (χ0) is 46.4. The maximum absolute atomic E-state index is 14.6. The number of benzene rings is 2. The predicted molar refractivity (Wildman–Crippen MR) is 240 cm³/mol. The van der Waals surface area contributed by atoms with Crippen molar-refractivity contribution in [3.05, 3.63) is 60.2 Å². The van der Waals surface area contributed by atoms with Crippen LogP contribution in [0.2, 0.25) is 0 Å². The quantitative estimate of drug-likeness (QED) is 0.0789. The smallest absolute Gasteiger partial charge is 0.409 e. The molecule has 2 aromatic rings. The van der Waals surface area contributed by atoms with Crippen LogP contribution in [0.1, 0.15) is 106 Å². The Labute approximate surface area is 369 Å². The van der Waals surface area contributed by atoms with E-state index in [1.165, 1.54) is 11.1 Å². The Morgan fingerprint density at radius 1 is 0.871 bits per heavy atom. The van der Waals surface area contributed by atoms with E-state index in [4.69, 9.17) is 14.7 Å². The molecule has 1 saturated heterocycles. The number of likely N-dealkylation sites (tertiary alicyclic amines) is 1. The Balaban J connectivity index is 1.77. The van der Waals surface area contributed by atoms with Gasteiger partial charge in [0.25, 0.3) is 0 Å². The van der Waals surface area contributed by atoms with E-state index in [0.29, 0.717) is 36.4 Å². The van der Waals surface area contributed by atoms with Gasteiger partial charge in [-0.3, -0.25) is 24.5 Å². The predicted octanol–water partition coefficient (Wildman–Crippen LogP) is 6.34. The molecule has 0 aliphatic carbocycles. The van der Waals surface area contributed by atoms with Crippen molar-refractivity contribution in [2.24, 2.45) is 29.6 Å². The zero-order valence-corrected chi connectivity index (χ0v) is 39.0. The molecule has 62 heavy (non-hydrogen) atoms. The molecule has 1 fully saturated rings. The number of anilines is 1. The number of hydroxylamine groups is 2. The molecule has 0 radical (unpaired) electrons. The highest BCUT2D eigenvalue weighted by molar-refractivity contribution is 5.90. The largest absolute Gasteiger partial charge is 0.465 e. The number of hydrogen-bond acceptors (Lipinski definition) is 9. The molecular weight excluding hydrogens is 793 g/mol. The van der Waals surface area contributed by atoms with Crippen molar-refractivity contribution in [2.75, 3.05) is 33.1 Å². The molecule has 0 spiro atoms. The summed E-state index contributed by atoms with van der Waals surface area (Å²) in [5.41, 5.74) is 1.01. The number of rotatable bonds is 23. The minimum Gasteiger partial charge on any atom is -0.465 e. The van der Waals surface area contributed by atoms with Gasteiger partial charge in [0.15, 0.2) is 0 Å². The van der Waals surface area contributed by atoms with Crippen LogP contribution in [-0.2, 0) is 23.9 Å². The van der Waals surface area contributed by atoms with Crippen LogP contribution in [-0.4, -0.2) is 119 Å². The highest BCUT2D eigenvalue weighted by atomic mass is 16.7. The molecule has 1 heterocycles. The monoisotopic (exact) mass is 867 g/mol. The Bertz CT molecular complexity index is 1760. The number of amides is 5. The number of ether oxygens (including phenoxy) is 1. The molecule has 1 aliphatic rings. The molecule has 10 atom stereocenters. The van der Waals surface area contributed by atoms with Crippen molar-refractivity contribution in [1.82, 2.24) is 25.5 Å². The lowest BCUT2D eigenvalue weighted by molar-refractivity contribution is -0.150. The van der Waals surface area contributed by atoms with E-state index in [9.17, 15) is 29.1 Å². The first-order chi connectivity index (χ1) is 29.3. The highest BCUT2D eigenvalue weighted by Gasteiger charge is 2.43. The summed E-state index contributed by atoms with van der Waals surface area (Å²) >= 11 is 0. The number of carboxylic acid groups (broad SMARTS) is 1. The first-order valence-corrected chi connectivity index (χ1v) is 22.2. The second-order valence-corrected chi connectivity index (χ2v) is 17.7. The molecule has 0 bridgehead atoms. The van der Waals surface area contributed by atoms with E-state index >= 15 is 0 Å². The van der Waals surface area contributed by atoms with Crippen LogP contribution in [0.5, 0.6) is 5.75 Å². The van der Waals surface area contributed by atoms with E-state index in [2.05, 4.69) is 29.8 Å². The lowest BCUT2D eigenvalue weighted by Gasteiger charge is -2.41. The van der Waals surface area contributed by atoms with Crippen LogP contribution in [0.4, 0.5) is 10.5 Å². The number of methoxy groups -OCH3 is 1. The fourth-order valence-corrected chi connectivity index (χ4v) is 8.90. The van der Waals surface area contributed by atoms with E-state index in [-0.39, 0.29) is 59.9 Å². The van der Waals surface area contributed by atoms with Gasteiger partial charge >= 0.3 is 6.09 Å². The van der Waals surface area contributed by atoms with Gasteiger partial charge in [0.2, 0.25) is 23.6 Å². The van der Waals surface area contributed by atoms with Gasteiger partial charge in [-0.15, -0.1) is 5.06 Å². The van der Waals surface area contributed by atoms with E-state index < -0.39 is 48.3 Å². The second-order valence-electron chi connectivity index (χ2n) is 17.7. The Kier molecular flexibility index (Phi) is 20.2. The summed E-state index contributed by atoms with van der Waals surface area (Å²) in [5, 5.41) is 29.7. The third kappa shape index (κ3) is 13.6. The van der Waals surface area contributed by atoms with Crippen molar-refractivity contribution in [2.45, 2.75) is 137 Å². The average molecular weight is 867 g/mol. The molecule has 1 aliphatic heterocycles. The number of aliphatic hydroxyl groups excluding tert-OH is 1. The molecule has 9 unspecified atom stereocenters. The fraction of sp³-hybridized carbons (Fsp3) is 0.638. The van der Waals surface area contributed by atoms with E-state index in [1.807, 2.05) is 69.9 Å². The minimum absolute atomic E-state index is 0.0255. The lowest BCUT2D eigenvalue weighted by Crippen LogP contribution is -2.59. The summed E-state index contributed by atoms with van der Waals surface area (Å²) in [6.45, 7) is 17.8. The van der Waals surface area contributed by atoms with Crippen molar-refractivity contribution in [3.63, 3.8) is 0 Å². The van der Waals surface area contributed by atoms with Crippen molar-refractivity contribution < 1.29 is 43.8 Å². The van der Waals surface area contributed by atoms with Gasteiger partial charge in [-0.05, 0) is 61.1 Å². The van der Waals surface area contributed by atoms with Gasteiger partial charge < -0.3 is 40.2 Å². The lowest BCUT2D eigenvalue weighted by atomic mass is 9.82. The molecule has 3 rings (SSSR count). The van der Waals surface area contributed by atoms with E-state index in [1.54, 1.807) is 58.2 Å². The normalized spacial score (nSPS) is 18.5. The first-order valence-electron chi connectivity index (χ1n) is 22.2. The number of carbonyl (C=O) groups excluding carboxylic acids is 4. The van der Waals surface area contributed by atoms with Gasteiger partial charge in [0.1, 0.15) is 17.8 Å². The minimum atomic E-state index is -1.21. The molecule has 2 aromatic carbocycles. The third-order valence-electron chi connectivity index (χ3n) is 12.5. The van der Waals surface area contributed by atoms with E-state index in [0.717, 1.165) is 12.8 Å². The molecule has 346 valence electrons. The SMILES string of the molecule is CCC(C)C(C(CC)CC(=O)N1CCC[C@H]1C(OC)C(C)C(=O)NC(C)C(O)c1ccccc1)N(C)C(=O)C(NC(=O)C(C(C)C)N(C)Oc1cccc(NC(=O)O)c1)C(C)C. The molecule has 5 N–H and O–H groups in total. The average Bonchev–Trinajstić information content (AvgIpc) is 3.71. The number of aliphatic hydroxyl groups is 1. The number of nitrogens with one attached hydrogen (secondary N) is 3. The van der Waals surface area contributed by atoms with Gasteiger partial charge in [-0.2, -0.15) is 0 Å². The fourth-order valence-electron chi connectivity index (χ4n) is 8.90. The van der Waals surface area contributed by atoms with Gasteiger partial charge in [0.05, 0.1) is 30.2 Å². The van der Waals surface area contributed by atoms with Gasteiger partial charge in [-0.25, -0.2) is 4.79 Å². The molecule has 0 aromatic heterocycles. The maximum Gasteiger partial charge on any atom is 0.409 e. The highest BCUT2D eigenvalue weighted by Crippen LogP contribution is 2.32. The summed E-state index contributed by atoms with van der Waals surface area (Å²) in [4.78, 5) is 77.4. The summed E-state index contributed by atoms with van der Waals surface area (Å²) in [5.74, 6) is -1.95. The summed E-state index contributed by atoms with van der Waals surface area (Å²) in [6.07, 6.45) is 0.336. The topological polar surface area (TPSA) is 190 Å². The van der Waals surface area contributed by atoms with Crippen molar-refractivity contribution in [1.29, 1.82) is 0 Å². The second kappa shape index (κ2) is 24.2. The summed E-state index contributed by atoms with van der Waals surface area (Å²) < 4.78 is 5.96. The summed E-state index contributed by atoms with van der Waals surface area (Å²) in [7, 11) is 4.94. The van der Waals surface area contributed by atoms with Crippen LogP contribution in [0.3, 0.4) is 0 Å². The maximum atomic E-state index is 14.6. The number of nitrogens with zero attached hydrogens (tertiary/aromatic N) is 3. The van der Waals surface area contributed by atoms with Crippen molar-refractivity contribution in [3.8, 4) is 5.75 Å². The van der Waals surface area contributed by atoms with Crippen LogP contribution in [0.15, 0.2) is 54.6 Å². The van der Waals surface area contributed by atoms with Crippen LogP contribution >= 0.6 is 0 Å². The van der Waals surface area contributed by atoms with Crippen LogP contribution in [0, 0.1) is 29.6 Å². The van der Waals surface area contributed by atoms with Gasteiger partial charge in [-0.1, -0.05) is 105 Å². The van der Waals surface area contributed by atoms with Crippen LogP contribution in [0.25, 0.3) is 0 Å². The Morgan fingerprint density at radius 2 is 1.53 bits per heavy atom. The Hall–Kier alpha value is -4.73. The molecular formula is C47H74N6O9. The third-order valence-corrected chi connectivity index (χ3v) is 12.5. The molecule has 15 nitrogen and oxygen atoms in total. The zero-order valence-electron chi connectivity index (χ0n) is 39.0. The van der Waals surface area contributed by atoms with Crippen LogP contribution < -0.4 is 20.8 Å². The molecule has 0 saturated carbocycles. The molecule has 5 amide bonds. The number of hydrogen-bond donors (Lipinski definition) is 5. The standard InChI is InChI=1S/C47H74N6O9/c1-13-30(7)41(51(10)46(58)39(28(3)4)50-45(57)40(29(5)6)52(11)62-36-23-18-22-35(27-36)49-47(59)60)33(14-2)26-38(54)53-25-19-24-37(53)43(61-12)31(8)44(56)48-32(9)42(55)34-20-16-15-17-21-34/h15-18,20-23,27-33,37,39-43,49,55H,13-14,19,24-26H2,1-12H3,(H,48,56)(H,50,57)(H,59,60)/t30?,31?,32?,33?,37-,39?,40?,41?,42?,43?/m0/s1. The number of likely N-dealkylation sites (N-methyl/N-ethyl adjacent to an activating group) is 2. The van der Waals surface area contributed by atoms with Gasteiger partial charge in [0, 0.05) is 52.0 Å². The first kappa shape index (κ1) is 51.6. The van der Waals surface area contributed by atoms with Crippen molar-refractivity contribution >= 4 is 35.4 Å². The number of carbonyl (C=O) groups is 5. The molecule has 15 heteroatoms. The Morgan fingerprint density at radius 3 is 2.10 bits per heavy atom.